The first kappa shape index (κ1) is 26.9. The van der Waals surface area contributed by atoms with Crippen molar-refractivity contribution in [1.82, 2.24) is 4.57 Å². The largest absolute Gasteiger partial charge is 0.496 e. The fourth-order valence-electron chi connectivity index (χ4n) is 4.31. The highest BCUT2D eigenvalue weighted by Crippen LogP contribution is 2.33. The van der Waals surface area contributed by atoms with Crippen molar-refractivity contribution in [3.8, 4) is 17.2 Å². The molecule has 0 spiro atoms. The maximum Gasteiger partial charge on any atom is 0.338 e. The van der Waals surface area contributed by atoms with Crippen LogP contribution in [-0.2, 0) is 9.53 Å². The average Bonchev–Trinajstić information content (AvgIpc) is 3.21. The monoisotopic (exact) mass is 534 g/mol. The lowest BCUT2D eigenvalue weighted by molar-refractivity contribution is -0.139. The average molecular weight is 535 g/mol. The van der Waals surface area contributed by atoms with Crippen LogP contribution in [0.1, 0.15) is 36.6 Å². The number of thiazole rings is 1. The Morgan fingerprint density at radius 2 is 1.87 bits per heavy atom. The van der Waals surface area contributed by atoms with E-state index >= 15 is 0 Å². The first-order valence-electron chi connectivity index (χ1n) is 12.1. The molecule has 4 rings (SSSR count). The van der Waals surface area contributed by atoms with Gasteiger partial charge in [-0.3, -0.25) is 9.36 Å². The van der Waals surface area contributed by atoms with Gasteiger partial charge in [-0.2, -0.15) is 0 Å². The summed E-state index contributed by atoms with van der Waals surface area (Å²) in [6.45, 7) is 9.66. The van der Waals surface area contributed by atoms with Crippen molar-refractivity contribution >= 4 is 23.4 Å². The number of hydrogen-bond acceptors (Lipinski definition) is 8. The van der Waals surface area contributed by atoms with E-state index in [9.17, 15) is 9.59 Å². The predicted octanol–water partition coefficient (Wildman–Crippen LogP) is 3.69. The highest BCUT2D eigenvalue weighted by atomic mass is 32.1. The number of ether oxygens (including phenoxy) is 4. The van der Waals surface area contributed by atoms with Crippen LogP contribution in [0.25, 0.3) is 6.08 Å². The SMILES string of the molecule is C=CCOc1ccc(C=c2sc3n(c2=O)[C@@H](c2ccc(C)c(OC)c2)C(C(=O)OCC)=C(C)N=3)cc1OC. The topological polar surface area (TPSA) is 88.4 Å². The molecule has 1 atom stereocenters. The molecule has 198 valence electrons. The number of aryl methyl sites for hydroxylation is 1. The first-order valence-corrected chi connectivity index (χ1v) is 12.9. The van der Waals surface area contributed by atoms with Crippen molar-refractivity contribution in [3.63, 3.8) is 0 Å². The van der Waals surface area contributed by atoms with Gasteiger partial charge in [0.05, 0.1) is 42.7 Å². The standard InChI is InChI=1S/C29H30N2O6S/c1-7-13-37-21-12-10-19(14-23(21)35-6)15-24-27(32)31-26(20-11-9-17(3)22(16-20)34-5)25(28(33)36-8-2)18(4)30-29(31)38-24/h7,9-12,14-16,26H,1,8,13H2,2-6H3/t26-/m0/s1. The molecule has 2 heterocycles. The van der Waals surface area contributed by atoms with E-state index < -0.39 is 12.0 Å². The summed E-state index contributed by atoms with van der Waals surface area (Å²) >= 11 is 1.26. The zero-order chi connectivity index (χ0) is 27.4. The lowest BCUT2D eigenvalue weighted by Crippen LogP contribution is -2.40. The van der Waals surface area contributed by atoms with Crippen LogP contribution in [0, 0.1) is 6.92 Å². The molecule has 1 aliphatic rings. The Morgan fingerprint density at radius 3 is 2.55 bits per heavy atom. The minimum atomic E-state index is -0.717. The fraction of sp³-hybridized carbons (Fsp3) is 0.276. The van der Waals surface area contributed by atoms with E-state index in [1.165, 1.54) is 11.3 Å². The molecule has 1 aromatic heterocycles. The Bertz CT molecular complexity index is 1600. The van der Waals surface area contributed by atoms with Gasteiger partial charge < -0.3 is 18.9 Å². The van der Waals surface area contributed by atoms with Crippen LogP contribution in [-0.4, -0.2) is 38.0 Å². The third-order valence-electron chi connectivity index (χ3n) is 6.11. The molecule has 0 amide bonds. The molecule has 38 heavy (non-hydrogen) atoms. The van der Waals surface area contributed by atoms with Gasteiger partial charge in [-0.1, -0.05) is 42.2 Å². The fourth-order valence-corrected chi connectivity index (χ4v) is 5.35. The number of carbonyl (C=O) groups excluding carboxylic acids is 1. The van der Waals surface area contributed by atoms with Crippen LogP contribution in [0.5, 0.6) is 17.2 Å². The molecule has 2 aromatic carbocycles. The minimum absolute atomic E-state index is 0.207. The highest BCUT2D eigenvalue weighted by molar-refractivity contribution is 7.07. The lowest BCUT2D eigenvalue weighted by atomic mass is 9.95. The van der Waals surface area contributed by atoms with Gasteiger partial charge in [-0.25, -0.2) is 9.79 Å². The second-order valence-corrected chi connectivity index (χ2v) is 9.55. The van der Waals surface area contributed by atoms with Gasteiger partial charge in [-0.15, -0.1) is 0 Å². The number of hydrogen-bond donors (Lipinski definition) is 0. The number of aromatic nitrogens is 1. The lowest BCUT2D eigenvalue weighted by Gasteiger charge is -2.25. The van der Waals surface area contributed by atoms with E-state index in [1.54, 1.807) is 56.9 Å². The molecule has 0 fully saturated rings. The van der Waals surface area contributed by atoms with Gasteiger partial charge >= 0.3 is 5.97 Å². The number of carbonyl (C=O) groups is 1. The number of esters is 1. The second-order valence-electron chi connectivity index (χ2n) is 8.54. The summed E-state index contributed by atoms with van der Waals surface area (Å²) in [6.07, 6.45) is 3.43. The zero-order valence-corrected chi connectivity index (χ0v) is 22.9. The van der Waals surface area contributed by atoms with Crippen LogP contribution in [0.4, 0.5) is 0 Å². The van der Waals surface area contributed by atoms with Crippen molar-refractivity contribution in [1.29, 1.82) is 0 Å². The smallest absolute Gasteiger partial charge is 0.338 e. The van der Waals surface area contributed by atoms with E-state index in [4.69, 9.17) is 18.9 Å². The van der Waals surface area contributed by atoms with Crippen LogP contribution < -0.4 is 29.1 Å². The van der Waals surface area contributed by atoms with E-state index in [1.807, 2.05) is 31.2 Å². The molecule has 0 bridgehead atoms. The van der Waals surface area contributed by atoms with E-state index in [0.717, 1.165) is 16.7 Å². The van der Waals surface area contributed by atoms with Gasteiger partial charge in [0.1, 0.15) is 12.4 Å². The van der Waals surface area contributed by atoms with E-state index in [0.29, 0.717) is 44.5 Å². The molecule has 9 heteroatoms. The summed E-state index contributed by atoms with van der Waals surface area (Å²) < 4.78 is 24.0. The molecule has 0 radical (unpaired) electrons. The van der Waals surface area contributed by atoms with E-state index in [2.05, 4.69) is 11.6 Å². The summed E-state index contributed by atoms with van der Waals surface area (Å²) in [5.74, 6) is 1.27. The molecule has 3 aromatic rings. The Kier molecular flexibility index (Phi) is 8.16. The molecular weight excluding hydrogens is 504 g/mol. The van der Waals surface area contributed by atoms with Crippen molar-refractivity contribution in [2.75, 3.05) is 27.4 Å². The number of rotatable bonds is 9. The van der Waals surface area contributed by atoms with Crippen molar-refractivity contribution in [2.45, 2.75) is 26.8 Å². The van der Waals surface area contributed by atoms with Crippen molar-refractivity contribution < 1.29 is 23.7 Å². The number of nitrogens with zero attached hydrogens (tertiary/aromatic N) is 2. The summed E-state index contributed by atoms with van der Waals surface area (Å²) in [6, 6.07) is 10.4. The van der Waals surface area contributed by atoms with Gasteiger partial charge in [-0.05, 0) is 61.7 Å². The molecule has 8 nitrogen and oxygen atoms in total. The summed E-state index contributed by atoms with van der Waals surface area (Å²) in [5.41, 5.74) is 2.99. The van der Waals surface area contributed by atoms with Gasteiger partial charge in [0.25, 0.3) is 5.56 Å². The molecule has 0 aliphatic carbocycles. The number of benzene rings is 2. The predicted molar refractivity (Wildman–Crippen MR) is 147 cm³/mol. The van der Waals surface area contributed by atoms with Crippen LogP contribution in [0.15, 0.2) is 70.1 Å². The second kappa shape index (κ2) is 11.5. The third-order valence-corrected chi connectivity index (χ3v) is 7.09. The highest BCUT2D eigenvalue weighted by Gasteiger charge is 2.33. The Hall–Kier alpha value is -4.11. The Labute approximate surface area is 224 Å². The number of allylic oxidation sites excluding steroid dienone is 1. The van der Waals surface area contributed by atoms with Crippen LogP contribution in [0.3, 0.4) is 0 Å². The molecule has 0 saturated heterocycles. The van der Waals surface area contributed by atoms with Gasteiger partial charge in [0, 0.05) is 0 Å². The van der Waals surface area contributed by atoms with Gasteiger partial charge in [0.2, 0.25) is 0 Å². The Morgan fingerprint density at radius 1 is 1.11 bits per heavy atom. The molecule has 0 saturated carbocycles. The third kappa shape index (κ3) is 5.15. The quantitative estimate of drug-likeness (QED) is 0.307. The van der Waals surface area contributed by atoms with Crippen LogP contribution >= 0.6 is 11.3 Å². The summed E-state index contributed by atoms with van der Waals surface area (Å²) in [7, 11) is 3.15. The minimum Gasteiger partial charge on any atom is -0.496 e. The molecule has 1 aliphatic heterocycles. The number of fused-ring (bicyclic) bond motifs is 1. The van der Waals surface area contributed by atoms with Crippen molar-refractivity contribution in [2.24, 2.45) is 4.99 Å². The summed E-state index contributed by atoms with van der Waals surface area (Å²) in [4.78, 5) is 32.0. The molecular formula is C29H30N2O6S. The normalized spacial score (nSPS) is 15.0. The Balaban J connectivity index is 1.90. The first-order chi connectivity index (χ1) is 18.3. The zero-order valence-electron chi connectivity index (χ0n) is 22.1. The number of methoxy groups -OCH3 is 2. The van der Waals surface area contributed by atoms with E-state index in [-0.39, 0.29) is 12.2 Å². The van der Waals surface area contributed by atoms with Crippen LogP contribution in [0.2, 0.25) is 0 Å². The summed E-state index contributed by atoms with van der Waals surface area (Å²) in [5, 5.41) is 0. The maximum atomic E-state index is 13.8. The molecule has 0 N–H and O–H groups in total. The van der Waals surface area contributed by atoms with Crippen molar-refractivity contribution in [3.05, 3.63) is 96.7 Å². The molecule has 0 unspecified atom stereocenters. The maximum absolute atomic E-state index is 13.8. The van der Waals surface area contributed by atoms with Gasteiger partial charge in [0.15, 0.2) is 16.3 Å².